The van der Waals surface area contributed by atoms with E-state index in [1.807, 2.05) is 11.5 Å². The second-order valence-corrected chi connectivity index (χ2v) is 3.89. The highest BCUT2D eigenvalue weighted by Crippen LogP contribution is 2.18. The highest BCUT2D eigenvalue weighted by molar-refractivity contribution is 5.82. The van der Waals surface area contributed by atoms with Crippen molar-refractivity contribution in [3.05, 3.63) is 50.3 Å². The first-order chi connectivity index (χ1) is 8.04. The minimum Gasteiger partial charge on any atom is -0.347 e. The third kappa shape index (κ3) is 1.80. The van der Waals surface area contributed by atoms with Crippen LogP contribution in [0.2, 0.25) is 0 Å². The van der Waals surface area contributed by atoms with Crippen LogP contribution in [-0.2, 0) is 6.54 Å². The van der Waals surface area contributed by atoms with Gasteiger partial charge < -0.3 is 4.57 Å². The maximum Gasteiger partial charge on any atom is 0.270 e. The lowest BCUT2D eigenvalue weighted by molar-refractivity contribution is -0.384. The normalized spacial score (nSPS) is 10.7. The molecule has 0 atom stereocenters. The Morgan fingerprint density at radius 1 is 1.41 bits per heavy atom. The minimum atomic E-state index is -0.489. The Hall–Kier alpha value is -2.17. The number of aromatic nitrogens is 1. The van der Waals surface area contributed by atoms with Crippen LogP contribution < -0.4 is 5.43 Å². The predicted octanol–water partition coefficient (Wildman–Crippen LogP) is 2.24. The summed E-state index contributed by atoms with van der Waals surface area (Å²) in [5.74, 6) is 0. The van der Waals surface area contributed by atoms with Crippen LogP contribution in [0.25, 0.3) is 10.9 Å². The van der Waals surface area contributed by atoms with Gasteiger partial charge in [0.15, 0.2) is 5.43 Å². The SMILES string of the molecule is CCn1cc(C)c(=O)c2cc([N+](=O)[O-])ccc21. The average Bonchev–Trinajstić information content (AvgIpc) is 2.33. The number of benzene rings is 1. The number of aryl methyl sites for hydroxylation is 2. The average molecular weight is 232 g/mol. The van der Waals surface area contributed by atoms with Crippen LogP contribution in [0.4, 0.5) is 5.69 Å². The highest BCUT2D eigenvalue weighted by atomic mass is 16.6. The van der Waals surface area contributed by atoms with Crippen LogP contribution in [0.1, 0.15) is 12.5 Å². The molecule has 5 nitrogen and oxygen atoms in total. The molecule has 0 aliphatic rings. The smallest absolute Gasteiger partial charge is 0.270 e. The van der Waals surface area contributed by atoms with Gasteiger partial charge in [0.1, 0.15) is 0 Å². The summed E-state index contributed by atoms with van der Waals surface area (Å²) < 4.78 is 1.91. The number of nitro groups is 1. The molecular weight excluding hydrogens is 220 g/mol. The van der Waals surface area contributed by atoms with Crippen molar-refractivity contribution in [1.29, 1.82) is 0 Å². The number of rotatable bonds is 2. The number of pyridine rings is 1. The zero-order valence-corrected chi connectivity index (χ0v) is 9.64. The van der Waals surface area contributed by atoms with Crippen LogP contribution in [0.5, 0.6) is 0 Å². The van der Waals surface area contributed by atoms with Crippen LogP contribution in [0.3, 0.4) is 0 Å². The fourth-order valence-corrected chi connectivity index (χ4v) is 1.91. The Balaban J connectivity index is 2.89. The quantitative estimate of drug-likeness (QED) is 0.589. The molecule has 0 bridgehead atoms. The molecule has 0 N–H and O–H groups in total. The molecule has 2 aromatic rings. The number of hydrogen-bond acceptors (Lipinski definition) is 3. The van der Waals surface area contributed by atoms with Crippen LogP contribution in [-0.4, -0.2) is 9.49 Å². The van der Waals surface area contributed by atoms with Crippen molar-refractivity contribution in [2.24, 2.45) is 0 Å². The topological polar surface area (TPSA) is 65.1 Å². The van der Waals surface area contributed by atoms with Crippen molar-refractivity contribution < 1.29 is 4.92 Å². The van der Waals surface area contributed by atoms with Crippen LogP contribution >= 0.6 is 0 Å². The molecule has 1 aromatic carbocycles. The van der Waals surface area contributed by atoms with Crippen molar-refractivity contribution in [3.63, 3.8) is 0 Å². The number of hydrogen-bond donors (Lipinski definition) is 0. The van der Waals surface area contributed by atoms with Crippen molar-refractivity contribution >= 4 is 16.6 Å². The van der Waals surface area contributed by atoms with Crippen LogP contribution in [0.15, 0.2) is 29.2 Å². The molecular formula is C12H12N2O3. The molecule has 5 heteroatoms. The molecule has 0 aliphatic heterocycles. The predicted molar refractivity (Wildman–Crippen MR) is 65.3 cm³/mol. The number of fused-ring (bicyclic) bond motifs is 1. The molecule has 88 valence electrons. The summed E-state index contributed by atoms with van der Waals surface area (Å²) in [5.41, 5.74) is 1.13. The van der Waals surface area contributed by atoms with Crippen LogP contribution in [0, 0.1) is 17.0 Å². The highest BCUT2D eigenvalue weighted by Gasteiger charge is 2.11. The fourth-order valence-electron chi connectivity index (χ4n) is 1.91. The Kier molecular flexibility index (Phi) is 2.67. The van der Waals surface area contributed by atoms with Gasteiger partial charge >= 0.3 is 0 Å². The second kappa shape index (κ2) is 4.01. The van der Waals surface area contributed by atoms with E-state index in [2.05, 4.69) is 0 Å². The van der Waals surface area contributed by atoms with E-state index in [4.69, 9.17) is 0 Å². The van der Waals surface area contributed by atoms with E-state index < -0.39 is 4.92 Å². The summed E-state index contributed by atoms with van der Waals surface area (Å²) >= 11 is 0. The van der Waals surface area contributed by atoms with Crippen molar-refractivity contribution in [2.75, 3.05) is 0 Å². The monoisotopic (exact) mass is 232 g/mol. The Bertz CT molecular complexity index is 659. The third-order valence-electron chi connectivity index (χ3n) is 2.79. The second-order valence-electron chi connectivity index (χ2n) is 3.89. The Labute approximate surface area is 97.5 Å². The van der Waals surface area contributed by atoms with Gasteiger partial charge in [0, 0.05) is 30.4 Å². The van der Waals surface area contributed by atoms with E-state index in [9.17, 15) is 14.9 Å². The molecule has 1 aromatic heterocycles. The van der Waals surface area contributed by atoms with Gasteiger partial charge in [0.05, 0.1) is 15.8 Å². The molecule has 0 fully saturated rings. The molecule has 0 saturated carbocycles. The standard InChI is InChI=1S/C12H12N2O3/c1-3-13-7-8(2)12(15)10-6-9(14(16)17)4-5-11(10)13/h4-7H,3H2,1-2H3. The Morgan fingerprint density at radius 3 is 2.71 bits per heavy atom. The third-order valence-corrected chi connectivity index (χ3v) is 2.79. The van der Waals surface area contributed by atoms with E-state index in [-0.39, 0.29) is 11.1 Å². The lowest BCUT2D eigenvalue weighted by Gasteiger charge is -2.09. The lowest BCUT2D eigenvalue weighted by Crippen LogP contribution is -2.11. The van der Waals surface area contributed by atoms with Gasteiger partial charge in [0.2, 0.25) is 0 Å². The molecule has 1 heterocycles. The molecule has 0 aliphatic carbocycles. The summed E-state index contributed by atoms with van der Waals surface area (Å²) in [4.78, 5) is 22.1. The van der Waals surface area contributed by atoms with Gasteiger partial charge in [-0.2, -0.15) is 0 Å². The number of non-ortho nitro benzene ring substituents is 1. The summed E-state index contributed by atoms with van der Waals surface area (Å²) in [6, 6.07) is 4.39. The maximum atomic E-state index is 11.9. The van der Waals surface area contributed by atoms with E-state index in [1.165, 1.54) is 12.1 Å². The van der Waals surface area contributed by atoms with Crippen molar-refractivity contribution in [3.8, 4) is 0 Å². The van der Waals surface area contributed by atoms with E-state index in [1.54, 1.807) is 19.2 Å². The summed E-state index contributed by atoms with van der Waals surface area (Å²) in [7, 11) is 0. The lowest BCUT2D eigenvalue weighted by atomic mass is 10.1. The minimum absolute atomic E-state index is 0.0529. The van der Waals surface area contributed by atoms with E-state index >= 15 is 0 Å². The van der Waals surface area contributed by atoms with Crippen molar-refractivity contribution in [2.45, 2.75) is 20.4 Å². The molecule has 0 unspecified atom stereocenters. The summed E-state index contributed by atoms with van der Waals surface area (Å²) in [6.45, 7) is 4.40. The summed E-state index contributed by atoms with van der Waals surface area (Å²) in [5, 5.41) is 11.1. The molecule has 0 radical (unpaired) electrons. The molecule has 0 amide bonds. The Morgan fingerprint density at radius 2 is 2.12 bits per heavy atom. The van der Waals surface area contributed by atoms with Gasteiger partial charge in [-0.1, -0.05) is 0 Å². The number of nitro benzene ring substituents is 1. The van der Waals surface area contributed by atoms with Gasteiger partial charge in [-0.15, -0.1) is 0 Å². The first kappa shape index (κ1) is 11.3. The molecule has 0 saturated heterocycles. The zero-order valence-electron chi connectivity index (χ0n) is 9.64. The van der Waals surface area contributed by atoms with Crippen molar-refractivity contribution in [1.82, 2.24) is 4.57 Å². The molecule has 17 heavy (non-hydrogen) atoms. The molecule has 0 spiro atoms. The van der Waals surface area contributed by atoms with Gasteiger partial charge in [-0.05, 0) is 19.9 Å². The zero-order chi connectivity index (χ0) is 12.6. The van der Waals surface area contributed by atoms with Gasteiger partial charge in [-0.25, -0.2) is 0 Å². The van der Waals surface area contributed by atoms with Gasteiger partial charge in [0.25, 0.3) is 5.69 Å². The first-order valence-corrected chi connectivity index (χ1v) is 5.32. The summed E-state index contributed by atoms with van der Waals surface area (Å²) in [6.07, 6.45) is 1.77. The fraction of sp³-hybridized carbons (Fsp3) is 0.250. The first-order valence-electron chi connectivity index (χ1n) is 5.32. The largest absolute Gasteiger partial charge is 0.347 e. The van der Waals surface area contributed by atoms with Gasteiger partial charge in [-0.3, -0.25) is 14.9 Å². The molecule has 2 rings (SSSR count). The maximum absolute atomic E-state index is 11.9. The van der Waals surface area contributed by atoms with E-state index in [0.29, 0.717) is 10.9 Å². The van der Waals surface area contributed by atoms with E-state index in [0.717, 1.165) is 12.1 Å². The number of nitrogens with zero attached hydrogens (tertiary/aromatic N) is 2.